The zero-order valence-corrected chi connectivity index (χ0v) is 27.1. The molecule has 2 heterocycles. The Hall–Kier alpha value is -3.71. The molecule has 0 aliphatic carbocycles. The highest BCUT2D eigenvalue weighted by Crippen LogP contribution is 2.58. The van der Waals surface area contributed by atoms with E-state index in [-0.39, 0.29) is 51.1 Å². The SMILES string of the molecule is Cc1ccc(F)cc1C1N(c2cc(Cl)ccc2OCS(=O)(=O)NC(C)(C)C)C(=O)CCC12C(=O)N(C(=O)O)c1cc(Cl)ccc12. The van der Waals surface area contributed by atoms with Gasteiger partial charge in [0.05, 0.1) is 17.4 Å². The molecule has 0 bridgehead atoms. The number of benzene rings is 3. The molecule has 238 valence electrons. The minimum Gasteiger partial charge on any atom is -0.474 e. The molecule has 2 aliphatic heterocycles. The quantitative estimate of drug-likeness (QED) is 0.312. The van der Waals surface area contributed by atoms with Crippen LogP contribution < -0.4 is 19.3 Å². The van der Waals surface area contributed by atoms with Crippen LogP contribution >= 0.6 is 23.2 Å². The summed E-state index contributed by atoms with van der Waals surface area (Å²) in [7, 11) is -3.98. The number of aryl methyl sites for hydroxylation is 1. The van der Waals surface area contributed by atoms with Crippen molar-refractivity contribution >= 4 is 62.5 Å². The molecule has 1 spiro atoms. The number of carboxylic acid groups (broad SMARTS) is 1. The number of fused-ring (bicyclic) bond motifs is 2. The fraction of sp³-hybridized carbons (Fsp3) is 0.323. The summed E-state index contributed by atoms with van der Waals surface area (Å²) in [5.41, 5.74) is -1.44. The molecule has 0 saturated carbocycles. The average Bonchev–Trinajstić information content (AvgIpc) is 3.16. The molecule has 3 aromatic carbocycles. The van der Waals surface area contributed by atoms with Gasteiger partial charge in [0.2, 0.25) is 27.8 Å². The monoisotopic (exact) mass is 677 g/mol. The van der Waals surface area contributed by atoms with Gasteiger partial charge >= 0.3 is 6.09 Å². The molecule has 3 aromatic rings. The van der Waals surface area contributed by atoms with Gasteiger partial charge in [0.25, 0.3) is 0 Å². The lowest BCUT2D eigenvalue weighted by atomic mass is 9.65. The first-order valence-electron chi connectivity index (χ1n) is 13.8. The second-order valence-corrected chi connectivity index (χ2v) is 14.6. The fourth-order valence-electron chi connectivity index (χ4n) is 6.13. The molecule has 2 unspecified atom stereocenters. The van der Waals surface area contributed by atoms with Crippen molar-refractivity contribution in [1.82, 2.24) is 4.72 Å². The van der Waals surface area contributed by atoms with Crippen molar-refractivity contribution in [2.45, 2.75) is 57.5 Å². The van der Waals surface area contributed by atoms with Crippen molar-refractivity contribution < 1.29 is 37.0 Å². The topological polar surface area (TPSA) is 133 Å². The van der Waals surface area contributed by atoms with Crippen LogP contribution in [0, 0.1) is 12.7 Å². The number of rotatable bonds is 6. The molecule has 1 saturated heterocycles. The van der Waals surface area contributed by atoms with Crippen molar-refractivity contribution in [2.24, 2.45) is 0 Å². The van der Waals surface area contributed by atoms with E-state index in [4.69, 9.17) is 27.9 Å². The van der Waals surface area contributed by atoms with Crippen molar-refractivity contribution in [3.05, 3.63) is 87.2 Å². The second-order valence-electron chi connectivity index (χ2n) is 12.1. The Balaban J connectivity index is 1.76. The van der Waals surface area contributed by atoms with Crippen LogP contribution in [0.3, 0.4) is 0 Å². The molecule has 10 nitrogen and oxygen atoms in total. The number of nitrogens with zero attached hydrogens (tertiary/aromatic N) is 2. The van der Waals surface area contributed by atoms with Gasteiger partial charge in [0.1, 0.15) is 17.0 Å². The van der Waals surface area contributed by atoms with Crippen molar-refractivity contribution in [1.29, 1.82) is 0 Å². The van der Waals surface area contributed by atoms with Crippen LogP contribution in [-0.2, 0) is 25.0 Å². The van der Waals surface area contributed by atoms with E-state index in [0.717, 1.165) is 0 Å². The van der Waals surface area contributed by atoms with E-state index in [2.05, 4.69) is 4.72 Å². The summed E-state index contributed by atoms with van der Waals surface area (Å²) in [6.45, 7) is 6.68. The van der Waals surface area contributed by atoms with Gasteiger partial charge in [-0.3, -0.25) is 14.5 Å². The zero-order valence-electron chi connectivity index (χ0n) is 24.7. The van der Waals surface area contributed by atoms with E-state index in [1.165, 1.54) is 59.5 Å². The van der Waals surface area contributed by atoms with E-state index < -0.39 is 56.7 Å². The number of nitrogens with one attached hydrogen (secondary N) is 1. The van der Waals surface area contributed by atoms with Gasteiger partial charge in [-0.15, -0.1) is 0 Å². The highest BCUT2D eigenvalue weighted by Gasteiger charge is 2.62. The summed E-state index contributed by atoms with van der Waals surface area (Å²) < 4.78 is 48.9. The number of hydrogen-bond donors (Lipinski definition) is 2. The Labute approximate surface area is 269 Å². The predicted molar refractivity (Wildman–Crippen MR) is 168 cm³/mol. The van der Waals surface area contributed by atoms with Gasteiger partial charge in [-0.05, 0) is 93.3 Å². The zero-order chi connectivity index (χ0) is 33.1. The largest absolute Gasteiger partial charge is 0.474 e. The van der Waals surface area contributed by atoms with Gasteiger partial charge in [-0.1, -0.05) is 35.3 Å². The summed E-state index contributed by atoms with van der Waals surface area (Å²) >= 11 is 12.6. The minimum atomic E-state index is -3.98. The first kappa shape index (κ1) is 32.7. The number of carbonyl (C=O) groups is 3. The lowest BCUT2D eigenvalue weighted by Gasteiger charge is -2.48. The number of hydrogen-bond acceptors (Lipinski definition) is 6. The number of halogens is 3. The van der Waals surface area contributed by atoms with Crippen LogP contribution in [0.4, 0.5) is 20.6 Å². The number of ether oxygens (including phenoxy) is 1. The average molecular weight is 679 g/mol. The molecule has 14 heteroatoms. The van der Waals surface area contributed by atoms with Crippen LogP contribution in [-0.4, -0.2) is 42.9 Å². The number of amides is 3. The standard InChI is InChI=1S/C31H30Cl2FN3O7S/c1-17-5-8-20(34)15-21(17)27-31(22-9-6-18(32)13-23(22)37(28(31)39)29(40)41)12-11-26(38)36(27)24-14-19(33)7-10-25(24)44-16-45(42,43)35-30(2,3)4/h5-10,13-15,27,35H,11-12,16H2,1-4H3,(H,40,41). The number of carbonyl (C=O) groups excluding carboxylic acids is 2. The van der Waals surface area contributed by atoms with Crippen molar-refractivity contribution in [3.8, 4) is 5.75 Å². The summed E-state index contributed by atoms with van der Waals surface area (Å²) in [5, 5.41) is 10.5. The third kappa shape index (κ3) is 5.99. The molecular formula is C31H30Cl2FN3O7S. The van der Waals surface area contributed by atoms with Crippen LogP contribution in [0.2, 0.25) is 10.0 Å². The molecule has 2 N–H and O–H groups in total. The number of anilines is 2. The lowest BCUT2D eigenvalue weighted by Crippen LogP contribution is -2.57. The van der Waals surface area contributed by atoms with Gasteiger partial charge in [-0.2, -0.15) is 0 Å². The summed E-state index contributed by atoms with van der Waals surface area (Å²) in [5.74, 6) is -2.88. The van der Waals surface area contributed by atoms with E-state index in [0.29, 0.717) is 10.5 Å². The first-order valence-corrected chi connectivity index (χ1v) is 16.3. The van der Waals surface area contributed by atoms with Crippen molar-refractivity contribution in [2.75, 3.05) is 15.7 Å². The summed E-state index contributed by atoms with van der Waals surface area (Å²) in [6.07, 6.45) is -1.88. The van der Waals surface area contributed by atoms with E-state index in [9.17, 15) is 32.3 Å². The first-order chi connectivity index (χ1) is 20.9. The Morgan fingerprint density at radius 3 is 2.36 bits per heavy atom. The molecule has 45 heavy (non-hydrogen) atoms. The normalized spacial score (nSPS) is 20.1. The minimum absolute atomic E-state index is 0.0169. The molecular weight excluding hydrogens is 648 g/mol. The molecule has 1 fully saturated rings. The predicted octanol–water partition coefficient (Wildman–Crippen LogP) is 6.33. The van der Waals surface area contributed by atoms with Crippen LogP contribution in [0.25, 0.3) is 0 Å². The molecule has 5 rings (SSSR count). The van der Waals surface area contributed by atoms with Gasteiger partial charge in [-0.25, -0.2) is 27.2 Å². The van der Waals surface area contributed by atoms with Gasteiger partial charge in [0, 0.05) is 22.0 Å². The Kier molecular flexibility index (Phi) is 8.41. The van der Waals surface area contributed by atoms with Crippen molar-refractivity contribution in [3.63, 3.8) is 0 Å². The van der Waals surface area contributed by atoms with E-state index in [1.54, 1.807) is 27.7 Å². The fourth-order valence-corrected chi connectivity index (χ4v) is 7.74. The Morgan fingerprint density at radius 1 is 1.07 bits per heavy atom. The van der Waals surface area contributed by atoms with Crippen LogP contribution in [0.15, 0.2) is 54.6 Å². The smallest absolute Gasteiger partial charge is 0.418 e. The molecule has 0 aromatic heterocycles. The highest BCUT2D eigenvalue weighted by atomic mass is 35.5. The number of sulfonamides is 1. The molecule has 2 aliphatic rings. The highest BCUT2D eigenvalue weighted by molar-refractivity contribution is 7.89. The maximum Gasteiger partial charge on any atom is 0.418 e. The van der Waals surface area contributed by atoms with Crippen LogP contribution in [0.1, 0.15) is 56.3 Å². The third-order valence-corrected chi connectivity index (χ3v) is 9.55. The number of piperidine rings is 1. The lowest BCUT2D eigenvalue weighted by molar-refractivity contribution is -0.128. The maximum absolute atomic E-state index is 15.0. The summed E-state index contributed by atoms with van der Waals surface area (Å²) in [6, 6.07) is 11.2. The third-order valence-electron chi connectivity index (χ3n) is 7.73. The molecule has 2 atom stereocenters. The Morgan fingerprint density at radius 2 is 1.71 bits per heavy atom. The van der Waals surface area contributed by atoms with Gasteiger partial charge < -0.3 is 9.84 Å². The molecule has 0 radical (unpaired) electrons. The second kappa shape index (κ2) is 11.6. The van der Waals surface area contributed by atoms with Crippen LogP contribution in [0.5, 0.6) is 5.75 Å². The number of imide groups is 1. The maximum atomic E-state index is 15.0. The Bertz CT molecular complexity index is 1850. The molecule has 3 amide bonds. The van der Waals surface area contributed by atoms with E-state index >= 15 is 0 Å². The van der Waals surface area contributed by atoms with Gasteiger partial charge in [0.15, 0.2) is 0 Å². The summed E-state index contributed by atoms with van der Waals surface area (Å²) in [4.78, 5) is 42.7. The van der Waals surface area contributed by atoms with E-state index in [1.807, 2.05) is 0 Å².